The van der Waals surface area contributed by atoms with Gasteiger partial charge in [0.05, 0.1) is 17.5 Å². The van der Waals surface area contributed by atoms with Gasteiger partial charge in [-0.2, -0.15) is 9.40 Å². The lowest BCUT2D eigenvalue weighted by Gasteiger charge is -2.36. The van der Waals surface area contributed by atoms with E-state index in [2.05, 4.69) is 19.1 Å². The molecule has 1 amide bonds. The van der Waals surface area contributed by atoms with E-state index < -0.39 is 10.0 Å². The molecule has 0 bridgehead atoms. The molecule has 2 heterocycles. The number of nitrogens with zero attached hydrogens (tertiary/aromatic N) is 4. The van der Waals surface area contributed by atoms with Crippen LogP contribution in [0, 0.1) is 0 Å². The third-order valence-electron chi connectivity index (χ3n) is 6.50. The Kier molecular flexibility index (Phi) is 7.19. The zero-order chi connectivity index (χ0) is 24.3. The molecule has 0 N–H and O–H groups in total. The van der Waals surface area contributed by atoms with Gasteiger partial charge in [-0.15, -0.1) is 0 Å². The molecule has 1 aliphatic heterocycles. The van der Waals surface area contributed by atoms with Gasteiger partial charge >= 0.3 is 0 Å². The van der Waals surface area contributed by atoms with Gasteiger partial charge in [0, 0.05) is 37.4 Å². The normalized spacial score (nSPS) is 15.1. The number of aryl methyl sites for hydroxylation is 1. The average molecular weight is 481 g/mol. The summed E-state index contributed by atoms with van der Waals surface area (Å²) in [5.41, 5.74) is 4.23. The fourth-order valence-electron chi connectivity index (χ4n) is 4.65. The predicted molar refractivity (Wildman–Crippen MR) is 135 cm³/mol. The first-order valence-electron chi connectivity index (χ1n) is 11.8. The molecule has 180 valence electrons. The largest absolute Gasteiger partial charge is 0.338 e. The first kappa shape index (κ1) is 24.2. The van der Waals surface area contributed by atoms with Crippen molar-refractivity contribution in [3.63, 3.8) is 0 Å². The molecule has 1 aromatic heterocycles. The van der Waals surface area contributed by atoms with E-state index in [1.54, 1.807) is 8.99 Å². The highest BCUT2D eigenvalue weighted by Gasteiger charge is 2.32. The van der Waals surface area contributed by atoms with Gasteiger partial charge in [-0.3, -0.25) is 4.79 Å². The summed E-state index contributed by atoms with van der Waals surface area (Å²) in [4.78, 5) is 15.5. The molecule has 0 saturated carbocycles. The Labute approximate surface area is 202 Å². The fraction of sp³-hybridized carbons (Fsp3) is 0.385. The van der Waals surface area contributed by atoms with Gasteiger partial charge in [0.25, 0.3) is 5.91 Å². The minimum Gasteiger partial charge on any atom is -0.338 e. The second-order valence-corrected chi connectivity index (χ2v) is 10.6. The van der Waals surface area contributed by atoms with Gasteiger partial charge < -0.3 is 4.90 Å². The van der Waals surface area contributed by atoms with E-state index >= 15 is 0 Å². The van der Waals surface area contributed by atoms with Crippen molar-refractivity contribution in [2.75, 3.05) is 25.9 Å². The Morgan fingerprint density at radius 2 is 1.68 bits per heavy atom. The Bertz CT molecular complexity index is 1230. The molecule has 2 aromatic carbocycles. The van der Waals surface area contributed by atoms with Crippen molar-refractivity contribution in [3.05, 3.63) is 71.9 Å². The van der Waals surface area contributed by atoms with Crippen LogP contribution in [0.3, 0.4) is 0 Å². The summed E-state index contributed by atoms with van der Waals surface area (Å²) in [6.07, 6.45) is 5.26. The molecule has 1 fully saturated rings. The SMILES string of the molecule is CCc1ccc(-c2nn(-c3ccccc3)cc2C(=O)N2CCC(N(CC)S(C)(=O)=O)CC2)cc1. The van der Waals surface area contributed by atoms with Gasteiger partial charge in [-0.1, -0.05) is 56.3 Å². The van der Waals surface area contributed by atoms with Crippen LogP contribution in [0.4, 0.5) is 0 Å². The van der Waals surface area contributed by atoms with Gasteiger partial charge in [-0.05, 0) is 37.0 Å². The number of benzene rings is 2. The Hall–Kier alpha value is -2.97. The third kappa shape index (κ3) is 5.08. The Morgan fingerprint density at radius 1 is 1.03 bits per heavy atom. The number of carbonyl (C=O) groups is 1. The van der Waals surface area contributed by atoms with Crippen LogP contribution in [0.2, 0.25) is 0 Å². The van der Waals surface area contributed by atoms with E-state index in [4.69, 9.17) is 5.10 Å². The van der Waals surface area contributed by atoms with Crippen LogP contribution in [0.1, 0.15) is 42.6 Å². The summed E-state index contributed by atoms with van der Waals surface area (Å²) in [5, 5.41) is 4.79. The first-order chi connectivity index (χ1) is 16.3. The molecular formula is C26H32N4O3S. The van der Waals surface area contributed by atoms with Crippen molar-refractivity contribution >= 4 is 15.9 Å². The minimum absolute atomic E-state index is 0.0717. The number of hydrogen-bond donors (Lipinski definition) is 0. The lowest BCUT2D eigenvalue weighted by molar-refractivity contribution is 0.0681. The van der Waals surface area contributed by atoms with E-state index in [1.165, 1.54) is 11.8 Å². The first-order valence-corrected chi connectivity index (χ1v) is 13.7. The molecule has 0 atom stereocenters. The van der Waals surface area contributed by atoms with Crippen LogP contribution in [-0.2, 0) is 16.4 Å². The lowest BCUT2D eigenvalue weighted by atomic mass is 10.0. The highest BCUT2D eigenvalue weighted by molar-refractivity contribution is 7.88. The van der Waals surface area contributed by atoms with Gasteiger partial charge in [0.15, 0.2) is 0 Å². The number of para-hydroxylation sites is 1. The van der Waals surface area contributed by atoms with Crippen molar-refractivity contribution in [2.45, 2.75) is 39.2 Å². The van der Waals surface area contributed by atoms with Crippen molar-refractivity contribution < 1.29 is 13.2 Å². The van der Waals surface area contributed by atoms with Gasteiger partial charge in [-0.25, -0.2) is 13.1 Å². The van der Waals surface area contributed by atoms with E-state index in [0.717, 1.165) is 17.7 Å². The van der Waals surface area contributed by atoms with Gasteiger partial charge in [0.2, 0.25) is 10.0 Å². The number of piperidine rings is 1. The molecule has 3 aromatic rings. The number of aromatic nitrogens is 2. The molecule has 0 aliphatic carbocycles. The monoisotopic (exact) mass is 480 g/mol. The molecule has 1 saturated heterocycles. The Morgan fingerprint density at radius 3 is 2.24 bits per heavy atom. The number of carbonyl (C=O) groups excluding carboxylic acids is 1. The zero-order valence-electron chi connectivity index (χ0n) is 20.0. The number of rotatable bonds is 7. The topological polar surface area (TPSA) is 75.5 Å². The van der Waals surface area contributed by atoms with Crippen LogP contribution in [0.15, 0.2) is 60.8 Å². The van der Waals surface area contributed by atoms with Crippen LogP contribution in [0.25, 0.3) is 16.9 Å². The maximum absolute atomic E-state index is 13.6. The Balaban J connectivity index is 1.62. The van der Waals surface area contributed by atoms with Gasteiger partial charge in [0.1, 0.15) is 5.69 Å². The van der Waals surface area contributed by atoms with E-state index in [0.29, 0.717) is 43.7 Å². The molecule has 4 rings (SSSR count). The molecule has 34 heavy (non-hydrogen) atoms. The lowest BCUT2D eigenvalue weighted by Crippen LogP contribution is -2.48. The standard InChI is InChI=1S/C26H32N4O3S/c1-4-20-11-13-21(14-12-20)25-24(19-29(27-25)22-9-7-6-8-10-22)26(31)28-17-15-23(16-18-28)30(5-2)34(3,32)33/h6-14,19,23H,4-5,15-18H2,1-3H3. The quantitative estimate of drug-likeness (QED) is 0.513. The minimum atomic E-state index is -3.26. The predicted octanol–water partition coefficient (Wildman–Crippen LogP) is 3.99. The van der Waals surface area contributed by atoms with Crippen LogP contribution >= 0.6 is 0 Å². The molecule has 0 spiro atoms. The van der Waals surface area contributed by atoms with Crippen LogP contribution in [-0.4, -0.2) is 65.2 Å². The van der Waals surface area contributed by atoms with Crippen molar-refractivity contribution in [1.29, 1.82) is 0 Å². The third-order valence-corrected chi connectivity index (χ3v) is 7.91. The highest BCUT2D eigenvalue weighted by Crippen LogP contribution is 2.27. The number of amides is 1. The second-order valence-electron chi connectivity index (χ2n) is 8.71. The number of hydrogen-bond acceptors (Lipinski definition) is 4. The summed E-state index contributed by atoms with van der Waals surface area (Å²) in [6.45, 7) is 5.44. The molecule has 7 nitrogen and oxygen atoms in total. The highest BCUT2D eigenvalue weighted by atomic mass is 32.2. The molecule has 8 heteroatoms. The van der Waals surface area contributed by atoms with Crippen molar-refractivity contribution in [2.24, 2.45) is 0 Å². The van der Waals surface area contributed by atoms with Crippen LogP contribution < -0.4 is 0 Å². The zero-order valence-corrected chi connectivity index (χ0v) is 20.8. The van der Waals surface area contributed by atoms with E-state index in [9.17, 15) is 13.2 Å². The molecule has 0 radical (unpaired) electrons. The molecular weight excluding hydrogens is 448 g/mol. The van der Waals surface area contributed by atoms with Crippen molar-refractivity contribution in [3.8, 4) is 16.9 Å². The summed E-state index contributed by atoms with van der Waals surface area (Å²) in [6, 6.07) is 17.9. The maximum atomic E-state index is 13.6. The summed E-state index contributed by atoms with van der Waals surface area (Å²) < 4.78 is 27.5. The van der Waals surface area contributed by atoms with E-state index in [-0.39, 0.29) is 11.9 Å². The smallest absolute Gasteiger partial charge is 0.257 e. The van der Waals surface area contributed by atoms with Crippen molar-refractivity contribution in [1.82, 2.24) is 19.0 Å². The number of likely N-dealkylation sites (tertiary alicyclic amines) is 1. The average Bonchev–Trinajstić information content (AvgIpc) is 3.30. The summed E-state index contributed by atoms with van der Waals surface area (Å²) >= 11 is 0. The van der Waals surface area contributed by atoms with Crippen LogP contribution in [0.5, 0.6) is 0 Å². The molecule has 0 unspecified atom stereocenters. The second kappa shape index (κ2) is 10.1. The van der Waals surface area contributed by atoms with E-state index in [1.807, 2.05) is 60.5 Å². The maximum Gasteiger partial charge on any atom is 0.257 e. The summed E-state index contributed by atoms with van der Waals surface area (Å²) in [7, 11) is -3.26. The summed E-state index contributed by atoms with van der Waals surface area (Å²) in [5.74, 6) is -0.0717. The fourth-order valence-corrected chi connectivity index (χ4v) is 5.87. The number of sulfonamides is 1. The molecule has 1 aliphatic rings.